The van der Waals surface area contributed by atoms with E-state index in [4.69, 9.17) is 8.94 Å². The second-order valence-corrected chi connectivity index (χ2v) is 5.63. The molecular weight excluding hydrogens is 361 g/mol. The lowest BCUT2D eigenvalue weighted by molar-refractivity contribution is -0.137. The van der Waals surface area contributed by atoms with Crippen molar-refractivity contribution in [2.45, 2.75) is 12.6 Å². The molecule has 27 heavy (non-hydrogen) atoms. The molecule has 2 heterocycles. The van der Waals surface area contributed by atoms with Gasteiger partial charge < -0.3 is 8.94 Å². The molecule has 0 unspecified atom stereocenters. The fourth-order valence-electron chi connectivity index (χ4n) is 2.40. The van der Waals surface area contributed by atoms with Crippen molar-refractivity contribution < 1.29 is 22.1 Å². The highest BCUT2D eigenvalue weighted by molar-refractivity contribution is 5.55. The van der Waals surface area contributed by atoms with Gasteiger partial charge in [0.15, 0.2) is 0 Å². The molecule has 0 aliphatic heterocycles. The van der Waals surface area contributed by atoms with Crippen LogP contribution in [0.5, 0.6) is 0 Å². The molecular formula is C18H11F3N4O2. The van der Waals surface area contributed by atoms with Gasteiger partial charge in [0.2, 0.25) is 23.5 Å². The molecule has 4 rings (SSSR count). The molecule has 0 radical (unpaired) electrons. The van der Waals surface area contributed by atoms with E-state index in [9.17, 15) is 13.2 Å². The van der Waals surface area contributed by atoms with Crippen LogP contribution in [0, 0.1) is 0 Å². The second-order valence-electron chi connectivity index (χ2n) is 5.63. The fraction of sp³-hybridized carbons (Fsp3) is 0.111. The zero-order valence-corrected chi connectivity index (χ0v) is 13.6. The zero-order valence-electron chi connectivity index (χ0n) is 13.6. The SMILES string of the molecule is FC(F)(F)c1ccc(-c2noc(Cc3nnc(-c4ccccc4)o3)n2)cc1. The minimum atomic E-state index is -4.39. The summed E-state index contributed by atoms with van der Waals surface area (Å²) in [6.07, 6.45) is -4.27. The Bertz CT molecular complexity index is 1040. The lowest BCUT2D eigenvalue weighted by atomic mass is 10.1. The van der Waals surface area contributed by atoms with Crippen LogP contribution in [0.4, 0.5) is 13.2 Å². The molecule has 0 aliphatic carbocycles. The summed E-state index contributed by atoms with van der Waals surface area (Å²) in [5.41, 5.74) is 0.454. The summed E-state index contributed by atoms with van der Waals surface area (Å²) in [6.45, 7) is 0. The van der Waals surface area contributed by atoms with Crippen molar-refractivity contribution in [2.24, 2.45) is 0 Å². The van der Waals surface area contributed by atoms with Gasteiger partial charge in [-0.15, -0.1) is 10.2 Å². The average Bonchev–Trinajstić information content (AvgIpc) is 3.32. The molecule has 0 bridgehead atoms. The van der Waals surface area contributed by atoms with Gasteiger partial charge in [-0.3, -0.25) is 0 Å². The third-order valence-corrected chi connectivity index (χ3v) is 3.73. The summed E-state index contributed by atoms with van der Waals surface area (Å²) in [5, 5.41) is 11.7. The molecule has 9 heteroatoms. The number of halogens is 3. The number of hydrogen-bond acceptors (Lipinski definition) is 6. The van der Waals surface area contributed by atoms with Crippen LogP contribution >= 0.6 is 0 Å². The smallest absolute Gasteiger partial charge is 0.416 e. The van der Waals surface area contributed by atoms with E-state index in [0.717, 1.165) is 17.7 Å². The van der Waals surface area contributed by atoms with Crippen molar-refractivity contribution in [1.29, 1.82) is 0 Å². The Balaban J connectivity index is 1.49. The van der Waals surface area contributed by atoms with Gasteiger partial charge in [0.1, 0.15) is 6.42 Å². The van der Waals surface area contributed by atoms with Crippen molar-refractivity contribution in [1.82, 2.24) is 20.3 Å². The number of alkyl halides is 3. The standard InChI is InChI=1S/C18H11F3N4O2/c19-18(20,21)13-8-6-11(7-9-13)16-22-14(27-25-16)10-15-23-24-17(26-15)12-4-2-1-3-5-12/h1-9H,10H2. The molecule has 0 saturated carbocycles. The topological polar surface area (TPSA) is 77.8 Å². The molecule has 0 spiro atoms. The molecule has 136 valence electrons. The highest BCUT2D eigenvalue weighted by Crippen LogP contribution is 2.30. The van der Waals surface area contributed by atoms with E-state index in [1.165, 1.54) is 12.1 Å². The average molecular weight is 372 g/mol. The Morgan fingerprint density at radius 2 is 1.56 bits per heavy atom. The first-order valence-corrected chi connectivity index (χ1v) is 7.87. The van der Waals surface area contributed by atoms with E-state index in [1.807, 2.05) is 30.3 Å². The van der Waals surface area contributed by atoms with E-state index in [0.29, 0.717) is 11.5 Å². The zero-order chi connectivity index (χ0) is 18.9. The minimum Gasteiger partial charge on any atom is -0.420 e. The van der Waals surface area contributed by atoms with E-state index in [2.05, 4.69) is 20.3 Å². The van der Waals surface area contributed by atoms with Gasteiger partial charge in [-0.05, 0) is 24.3 Å². The maximum atomic E-state index is 12.6. The Kier molecular flexibility index (Phi) is 4.19. The number of benzene rings is 2. The van der Waals surface area contributed by atoms with Gasteiger partial charge in [0.05, 0.1) is 5.56 Å². The molecule has 0 atom stereocenters. The van der Waals surface area contributed by atoms with Gasteiger partial charge in [0, 0.05) is 11.1 Å². The molecule has 0 fully saturated rings. The highest BCUT2D eigenvalue weighted by Gasteiger charge is 2.30. The molecule has 6 nitrogen and oxygen atoms in total. The Morgan fingerprint density at radius 1 is 0.815 bits per heavy atom. The summed E-state index contributed by atoms with van der Waals surface area (Å²) in [5.74, 6) is 1.05. The maximum Gasteiger partial charge on any atom is 0.416 e. The van der Waals surface area contributed by atoms with Crippen LogP contribution in [0.3, 0.4) is 0 Å². The predicted octanol–water partition coefficient (Wildman–Crippen LogP) is 4.40. The summed E-state index contributed by atoms with van der Waals surface area (Å²) in [4.78, 5) is 4.16. The Labute approximate surface area is 150 Å². The third kappa shape index (κ3) is 3.71. The van der Waals surface area contributed by atoms with Crippen LogP contribution in [0.2, 0.25) is 0 Å². The van der Waals surface area contributed by atoms with E-state index < -0.39 is 11.7 Å². The first-order chi connectivity index (χ1) is 13.0. The van der Waals surface area contributed by atoms with Gasteiger partial charge >= 0.3 is 6.18 Å². The number of aromatic nitrogens is 4. The van der Waals surface area contributed by atoms with Crippen molar-refractivity contribution in [3.8, 4) is 22.8 Å². The van der Waals surface area contributed by atoms with Crippen LogP contribution in [0.15, 0.2) is 63.5 Å². The lowest BCUT2D eigenvalue weighted by Crippen LogP contribution is -2.04. The van der Waals surface area contributed by atoms with Crippen molar-refractivity contribution in [3.05, 3.63) is 71.9 Å². The summed E-state index contributed by atoms with van der Waals surface area (Å²) in [7, 11) is 0. The van der Waals surface area contributed by atoms with E-state index in [1.54, 1.807) is 0 Å². The molecule has 0 N–H and O–H groups in total. The minimum absolute atomic E-state index is 0.119. The van der Waals surface area contributed by atoms with Gasteiger partial charge in [-0.25, -0.2) is 0 Å². The summed E-state index contributed by atoms with van der Waals surface area (Å²) in [6, 6.07) is 13.8. The second kappa shape index (κ2) is 6.67. The van der Waals surface area contributed by atoms with Gasteiger partial charge in [0.25, 0.3) is 0 Å². The molecule has 0 amide bonds. The largest absolute Gasteiger partial charge is 0.420 e. The monoisotopic (exact) mass is 372 g/mol. The molecule has 4 aromatic rings. The summed E-state index contributed by atoms with van der Waals surface area (Å²) >= 11 is 0. The van der Waals surface area contributed by atoms with Gasteiger partial charge in [-0.2, -0.15) is 18.2 Å². The fourth-order valence-corrected chi connectivity index (χ4v) is 2.40. The van der Waals surface area contributed by atoms with Gasteiger partial charge in [-0.1, -0.05) is 35.5 Å². The summed E-state index contributed by atoms with van der Waals surface area (Å²) < 4.78 is 48.6. The maximum absolute atomic E-state index is 12.6. The number of hydrogen-bond donors (Lipinski definition) is 0. The van der Waals surface area contributed by atoms with Crippen molar-refractivity contribution >= 4 is 0 Å². The molecule has 2 aromatic carbocycles. The molecule has 0 saturated heterocycles. The van der Waals surface area contributed by atoms with Crippen LogP contribution in [-0.2, 0) is 12.6 Å². The molecule has 2 aromatic heterocycles. The van der Waals surface area contributed by atoms with E-state index in [-0.39, 0.29) is 24.0 Å². The number of rotatable bonds is 4. The van der Waals surface area contributed by atoms with Crippen molar-refractivity contribution in [2.75, 3.05) is 0 Å². The Morgan fingerprint density at radius 3 is 2.26 bits per heavy atom. The van der Waals surface area contributed by atoms with Crippen LogP contribution in [0.1, 0.15) is 17.3 Å². The predicted molar refractivity (Wildman–Crippen MR) is 87.3 cm³/mol. The van der Waals surface area contributed by atoms with E-state index >= 15 is 0 Å². The quantitative estimate of drug-likeness (QED) is 0.528. The number of nitrogens with zero attached hydrogens (tertiary/aromatic N) is 4. The van der Waals surface area contributed by atoms with Crippen molar-refractivity contribution in [3.63, 3.8) is 0 Å². The van der Waals surface area contributed by atoms with Crippen LogP contribution in [0.25, 0.3) is 22.8 Å². The molecule has 0 aliphatic rings. The highest BCUT2D eigenvalue weighted by atomic mass is 19.4. The lowest BCUT2D eigenvalue weighted by Gasteiger charge is -2.05. The Hall–Kier alpha value is -3.49. The van der Waals surface area contributed by atoms with Crippen LogP contribution in [-0.4, -0.2) is 20.3 Å². The third-order valence-electron chi connectivity index (χ3n) is 3.73. The first kappa shape index (κ1) is 17.0. The first-order valence-electron chi connectivity index (χ1n) is 7.87. The normalized spacial score (nSPS) is 11.7. The van der Waals surface area contributed by atoms with Crippen LogP contribution < -0.4 is 0 Å².